The van der Waals surface area contributed by atoms with Gasteiger partial charge in [0.1, 0.15) is 0 Å². The lowest BCUT2D eigenvalue weighted by atomic mass is 10.1. The quantitative estimate of drug-likeness (QED) is 0.632. The van der Waals surface area contributed by atoms with Crippen LogP contribution in [0.5, 0.6) is 0 Å². The van der Waals surface area contributed by atoms with Crippen LogP contribution in [0.25, 0.3) is 0 Å². The molecule has 0 saturated heterocycles. The Morgan fingerprint density at radius 1 is 0.952 bits per heavy atom. The van der Waals surface area contributed by atoms with Gasteiger partial charge >= 0.3 is 0 Å². The molecule has 2 aromatic rings. The van der Waals surface area contributed by atoms with Gasteiger partial charge in [0.25, 0.3) is 0 Å². The maximum absolute atomic E-state index is 12.0. The maximum atomic E-state index is 12.0. The molecular formula is C17H16ClNO2. The minimum Gasteiger partial charge on any atom is -0.299 e. The highest BCUT2D eigenvalue weighted by Gasteiger charge is 2.17. The Morgan fingerprint density at radius 2 is 1.52 bits per heavy atom. The van der Waals surface area contributed by atoms with E-state index in [4.69, 9.17) is 11.6 Å². The van der Waals surface area contributed by atoms with Crippen LogP contribution in [0, 0.1) is 0 Å². The van der Waals surface area contributed by atoms with Crippen LogP contribution >= 0.6 is 11.6 Å². The molecular weight excluding hydrogens is 286 g/mol. The van der Waals surface area contributed by atoms with Crippen molar-refractivity contribution in [3.8, 4) is 0 Å². The number of hydrogen-bond acceptors (Lipinski definition) is 3. The predicted molar refractivity (Wildman–Crippen MR) is 83.6 cm³/mol. The van der Waals surface area contributed by atoms with E-state index < -0.39 is 11.3 Å². The van der Waals surface area contributed by atoms with E-state index in [1.54, 1.807) is 24.3 Å². The maximum Gasteiger partial charge on any atom is 0.238 e. The number of hydrogen-bond donors (Lipinski definition) is 1. The molecule has 0 fully saturated rings. The SMILES string of the molecule is O=C(CN[C@@H](Cc1ccccc1)C(=O)Cl)c1ccccc1. The van der Waals surface area contributed by atoms with E-state index >= 15 is 0 Å². The molecule has 0 bridgehead atoms. The van der Waals surface area contributed by atoms with E-state index in [1.165, 1.54) is 0 Å². The zero-order chi connectivity index (χ0) is 15.1. The lowest BCUT2D eigenvalue weighted by Crippen LogP contribution is -2.39. The summed E-state index contributed by atoms with van der Waals surface area (Å²) in [5, 5.41) is 2.45. The molecule has 0 aliphatic carbocycles. The highest BCUT2D eigenvalue weighted by molar-refractivity contribution is 6.64. The number of Topliss-reactive ketones (excluding diaryl/α,β-unsaturated/α-hetero) is 1. The molecule has 0 aliphatic rings. The van der Waals surface area contributed by atoms with Crippen LogP contribution in [-0.2, 0) is 11.2 Å². The van der Waals surface area contributed by atoms with Gasteiger partial charge in [-0.2, -0.15) is 0 Å². The Hall–Kier alpha value is -1.97. The number of carbonyl (C=O) groups is 2. The van der Waals surface area contributed by atoms with Crippen molar-refractivity contribution in [2.45, 2.75) is 12.5 Å². The molecule has 1 atom stereocenters. The molecule has 2 aromatic carbocycles. The first-order valence-electron chi connectivity index (χ1n) is 6.71. The molecule has 0 radical (unpaired) electrons. The lowest BCUT2D eigenvalue weighted by molar-refractivity contribution is -0.113. The second-order valence-corrected chi connectivity index (χ2v) is 5.09. The van der Waals surface area contributed by atoms with Gasteiger partial charge in [0, 0.05) is 5.56 Å². The molecule has 0 spiro atoms. The zero-order valence-corrected chi connectivity index (χ0v) is 12.2. The lowest BCUT2D eigenvalue weighted by Gasteiger charge is -2.14. The van der Waals surface area contributed by atoms with Crippen molar-refractivity contribution in [2.24, 2.45) is 0 Å². The largest absolute Gasteiger partial charge is 0.299 e. The molecule has 0 aromatic heterocycles. The van der Waals surface area contributed by atoms with Crippen LogP contribution in [0.15, 0.2) is 60.7 Å². The minimum atomic E-state index is -0.568. The van der Waals surface area contributed by atoms with Gasteiger partial charge in [0.2, 0.25) is 5.24 Å². The summed E-state index contributed by atoms with van der Waals surface area (Å²) in [5.41, 5.74) is 1.61. The minimum absolute atomic E-state index is 0.0634. The highest BCUT2D eigenvalue weighted by Crippen LogP contribution is 2.06. The van der Waals surface area contributed by atoms with E-state index in [9.17, 15) is 9.59 Å². The van der Waals surface area contributed by atoms with Crippen molar-refractivity contribution >= 4 is 22.6 Å². The molecule has 0 aliphatic heterocycles. The van der Waals surface area contributed by atoms with E-state index in [2.05, 4.69) is 5.32 Å². The topological polar surface area (TPSA) is 46.2 Å². The molecule has 1 N–H and O–H groups in total. The molecule has 0 amide bonds. The van der Waals surface area contributed by atoms with Crippen LogP contribution in [-0.4, -0.2) is 23.6 Å². The van der Waals surface area contributed by atoms with Crippen LogP contribution < -0.4 is 5.32 Å². The van der Waals surface area contributed by atoms with E-state index in [0.717, 1.165) is 5.56 Å². The standard InChI is InChI=1S/C17H16ClNO2/c18-17(21)15(11-13-7-3-1-4-8-13)19-12-16(20)14-9-5-2-6-10-14/h1-10,15,19H,11-12H2/t15-/m0/s1. The second-order valence-electron chi connectivity index (χ2n) is 4.72. The fourth-order valence-corrected chi connectivity index (χ4v) is 2.18. The fraction of sp³-hybridized carbons (Fsp3) is 0.176. The highest BCUT2D eigenvalue weighted by atomic mass is 35.5. The van der Waals surface area contributed by atoms with Crippen molar-refractivity contribution < 1.29 is 9.59 Å². The van der Waals surface area contributed by atoms with Crippen LogP contribution in [0.2, 0.25) is 0 Å². The Labute approximate surface area is 128 Å². The molecule has 0 heterocycles. The Bertz CT molecular complexity index is 599. The van der Waals surface area contributed by atoms with Crippen molar-refractivity contribution in [3.05, 3.63) is 71.8 Å². The van der Waals surface area contributed by atoms with E-state index in [0.29, 0.717) is 12.0 Å². The van der Waals surface area contributed by atoms with Crippen molar-refractivity contribution in [1.82, 2.24) is 5.32 Å². The molecule has 108 valence electrons. The molecule has 2 rings (SSSR count). The van der Waals surface area contributed by atoms with Crippen LogP contribution in [0.1, 0.15) is 15.9 Å². The summed E-state index contributed by atoms with van der Waals surface area (Å²) in [4.78, 5) is 23.5. The summed E-state index contributed by atoms with van der Waals surface area (Å²) >= 11 is 5.61. The number of halogens is 1. The third kappa shape index (κ3) is 4.81. The van der Waals surface area contributed by atoms with E-state index in [1.807, 2.05) is 36.4 Å². The van der Waals surface area contributed by atoms with Crippen LogP contribution in [0.4, 0.5) is 0 Å². The molecule has 0 unspecified atom stereocenters. The van der Waals surface area contributed by atoms with Gasteiger partial charge in [-0.15, -0.1) is 0 Å². The first-order valence-corrected chi connectivity index (χ1v) is 7.09. The number of rotatable bonds is 7. The average molecular weight is 302 g/mol. The van der Waals surface area contributed by atoms with Gasteiger partial charge in [-0.05, 0) is 23.6 Å². The summed E-state index contributed by atoms with van der Waals surface area (Å²) in [6.07, 6.45) is 0.464. The molecule has 3 nitrogen and oxygen atoms in total. The Morgan fingerprint density at radius 3 is 2.10 bits per heavy atom. The molecule has 21 heavy (non-hydrogen) atoms. The molecule has 0 saturated carbocycles. The van der Waals surface area contributed by atoms with Gasteiger partial charge in [-0.3, -0.25) is 14.9 Å². The third-order valence-electron chi connectivity index (χ3n) is 3.16. The summed E-state index contributed by atoms with van der Waals surface area (Å²) in [7, 11) is 0. The number of carbonyl (C=O) groups excluding carboxylic acids is 2. The summed E-state index contributed by atoms with van der Waals surface area (Å²) < 4.78 is 0. The van der Waals surface area contributed by atoms with Gasteiger partial charge in [-0.1, -0.05) is 60.7 Å². The fourth-order valence-electron chi connectivity index (χ4n) is 2.02. The smallest absolute Gasteiger partial charge is 0.238 e. The zero-order valence-electron chi connectivity index (χ0n) is 11.5. The predicted octanol–water partition coefficient (Wildman–Crippen LogP) is 2.84. The monoisotopic (exact) mass is 301 g/mol. The summed E-state index contributed by atoms with van der Waals surface area (Å²) in [6, 6.07) is 18.0. The van der Waals surface area contributed by atoms with Gasteiger partial charge in [0.05, 0.1) is 12.6 Å². The van der Waals surface area contributed by atoms with Gasteiger partial charge in [-0.25, -0.2) is 0 Å². The third-order valence-corrected chi connectivity index (χ3v) is 3.42. The Balaban J connectivity index is 1.95. The normalized spacial score (nSPS) is 11.9. The second kappa shape index (κ2) is 7.72. The Kier molecular flexibility index (Phi) is 5.67. The molecule has 4 heteroatoms. The van der Waals surface area contributed by atoms with Gasteiger partial charge < -0.3 is 0 Å². The first kappa shape index (κ1) is 15.4. The first-order chi connectivity index (χ1) is 10.2. The summed E-state index contributed by atoms with van der Waals surface area (Å²) in [6.45, 7) is 0.0833. The van der Waals surface area contributed by atoms with Crippen LogP contribution in [0.3, 0.4) is 0 Å². The van der Waals surface area contributed by atoms with Crippen molar-refractivity contribution in [2.75, 3.05) is 6.54 Å². The number of ketones is 1. The summed E-state index contributed by atoms with van der Waals surface area (Å²) in [5.74, 6) is -0.0634. The van der Waals surface area contributed by atoms with Crippen molar-refractivity contribution in [1.29, 1.82) is 0 Å². The number of benzene rings is 2. The number of nitrogens with one attached hydrogen (secondary N) is 1. The van der Waals surface area contributed by atoms with Crippen molar-refractivity contribution in [3.63, 3.8) is 0 Å². The average Bonchev–Trinajstić information content (AvgIpc) is 2.52. The van der Waals surface area contributed by atoms with Gasteiger partial charge in [0.15, 0.2) is 5.78 Å². The van der Waals surface area contributed by atoms with E-state index in [-0.39, 0.29) is 12.3 Å².